The lowest BCUT2D eigenvalue weighted by Gasteiger charge is -2.22. The third-order valence-electron chi connectivity index (χ3n) is 6.02. The fourth-order valence-electron chi connectivity index (χ4n) is 4.11. The predicted molar refractivity (Wildman–Crippen MR) is 133 cm³/mol. The van der Waals surface area contributed by atoms with E-state index in [0.29, 0.717) is 22.7 Å². The second-order valence-electron chi connectivity index (χ2n) is 8.50. The average molecular weight is 466 g/mol. The number of rotatable bonds is 6. The first-order chi connectivity index (χ1) is 16.9. The summed E-state index contributed by atoms with van der Waals surface area (Å²) in [5.41, 5.74) is -0.0658. The second-order valence-corrected chi connectivity index (χ2v) is 8.50. The molecule has 1 aliphatic heterocycles. The molecule has 1 aliphatic rings. The molecule has 4 aromatic carbocycles. The van der Waals surface area contributed by atoms with Crippen LogP contribution in [0.25, 0.3) is 10.8 Å². The molecule has 1 saturated heterocycles. The van der Waals surface area contributed by atoms with Gasteiger partial charge in [-0.05, 0) is 65.7 Å². The third kappa shape index (κ3) is 4.44. The van der Waals surface area contributed by atoms with Crippen LogP contribution in [0.15, 0.2) is 97.1 Å². The molecule has 7 heteroatoms. The molecule has 1 atom stereocenters. The van der Waals surface area contributed by atoms with Crippen LogP contribution in [-0.2, 0) is 15.1 Å². The van der Waals surface area contributed by atoms with Crippen LogP contribution in [0, 0.1) is 0 Å². The molecule has 2 N–H and O–H groups in total. The van der Waals surface area contributed by atoms with Gasteiger partial charge in [-0.2, -0.15) is 0 Å². The Balaban J connectivity index is 1.25. The Morgan fingerprint density at radius 2 is 1.51 bits per heavy atom. The minimum absolute atomic E-state index is 0.393. The minimum Gasteiger partial charge on any atom is -0.457 e. The number of nitrogens with zero attached hydrogens (tertiary/aromatic N) is 1. The van der Waals surface area contributed by atoms with Crippen LogP contribution in [0.1, 0.15) is 12.5 Å². The summed E-state index contributed by atoms with van der Waals surface area (Å²) in [6.07, 6.45) is 0. The molecule has 5 rings (SSSR count). The highest BCUT2D eigenvalue weighted by molar-refractivity contribution is 6.10. The molecule has 0 aromatic heterocycles. The zero-order valence-corrected chi connectivity index (χ0v) is 19.0. The van der Waals surface area contributed by atoms with E-state index < -0.39 is 29.9 Å². The minimum atomic E-state index is -1.25. The molecule has 0 saturated carbocycles. The molecule has 7 nitrogen and oxygen atoms in total. The van der Waals surface area contributed by atoms with E-state index >= 15 is 0 Å². The summed E-state index contributed by atoms with van der Waals surface area (Å²) < 4.78 is 5.75. The van der Waals surface area contributed by atoms with E-state index in [1.807, 2.05) is 72.8 Å². The Kier molecular flexibility index (Phi) is 5.66. The summed E-state index contributed by atoms with van der Waals surface area (Å²) in [6, 6.07) is 29.0. The lowest BCUT2D eigenvalue weighted by Crippen LogP contribution is -2.42. The van der Waals surface area contributed by atoms with Gasteiger partial charge in [-0.3, -0.25) is 14.5 Å². The standard InChI is InChI=1S/C28H23N3O4/c1-28(21-12-11-19-7-5-6-8-20(19)17-21)26(33)31(27(34)30-28)18-25(32)29-22-13-15-24(16-14-22)35-23-9-3-2-4-10-23/h2-17H,18H2,1H3,(H,29,32)(H,30,34)/t28-/m0/s1. The number of urea groups is 1. The molecule has 4 amide bonds. The SMILES string of the molecule is C[C@@]1(c2ccc3ccccc3c2)NC(=O)N(CC(=O)Nc2ccc(Oc3ccccc3)cc2)C1=O. The van der Waals surface area contributed by atoms with Gasteiger partial charge in [-0.1, -0.05) is 54.6 Å². The van der Waals surface area contributed by atoms with Crippen molar-refractivity contribution in [3.63, 3.8) is 0 Å². The van der Waals surface area contributed by atoms with Gasteiger partial charge in [0, 0.05) is 5.69 Å². The fraction of sp³-hybridized carbons (Fsp3) is 0.107. The summed E-state index contributed by atoms with van der Waals surface area (Å²) in [4.78, 5) is 39.5. The Morgan fingerprint density at radius 3 is 2.26 bits per heavy atom. The Labute approximate surface area is 202 Å². The van der Waals surface area contributed by atoms with E-state index in [1.54, 1.807) is 31.2 Å². The Morgan fingerprint density at radius 1 is 0.857 bits per heavy atom. The molecule has 174 valence electrons. The van der Waals surface area contributed by atoms with Crippen LogP contribution < -0.4 is 15.4 Å². The topological polar surface area (TPSA) is 87.7 Å². The Hall–Kier alpha value is -4.65. The molecule has 35 heavy (non-hydrogen) atoms. The van der Waals surface area contributed by atoms with Crippen molar-refractivity contribution in [2.45, 2.75) is 12.5 Å². The van der Waals surface area contributed by atoms with Gasteiger partial charge < -0.3 is 15.4 Å². The highest BCUT2D eigenvalue weighted by Gasteiger charge is 2.49. The van der Waals surface area contributed by atoms with E-state index in [0.717, 1.165) is 15.7 Å². The van der Waals surface area contributed by atoms with E-state index in [1.165, 1.54) is 0 Å². The Bertz CT molecular complexity index is 1420. The summed E-state index contributed by atoms with van der Waals surface area (Å²) in [7, 11) is 0. The lowest BCUT2D eigenvalue weighted by atomic mass is 9.90. The average Bonchev–Trinajstić information content (AvgIpc) is 3.09. The number of hydrogen-bond donors (Lipinski definition) is 2. The van der Waals surface area contributed by atoms with Crippen molar-refractivity contribution in [2.24, 2.45) is 0 Å². The van der Waals surface area contributed by atoms with Crippen LogP contribution in [0.2, 0.25) is 0 Å². The number of benzene rings is 4. The monoisotopic (exact) mass is 465 g/mol. The van der Waals surface area contributed by atoms with Crippen molar-refractivity contribution >= 4 is 34.3 Å². The van der Waals surface area contributed by atoms with E-state index in [4.69, 9.17) is 4.74 Å². The van der Waals surface area contributed by atoms with Crippen LogP contribution >= 0.6 is 0 Å². The molecule has 1 fully saturated rings. The number of amides is 4. The van der Waals surface area contributed by atoms with Gasteiger partial charge >= 0.3 is 6.03 Å². The van der Waals surface area contributed by atoms with E-state index in [2.05, 4.69) is 10.6 Å². The number of carbonyl (C=O) groups is 3. The number of hydrogen-bond acceptors (Lipinski definition) is 4. The molecule has 4 aromatic rings. The first-order valence-electron chi connectivity index (χ1n) is 11.2. The zero-order chi connectivity index (χ0) is 24.4. The molecular formula is C28H23N3O4. The van der Waals surface area contributed by atoms with Crippen molar-refractivity contribution in [2.75, 3.05) is 11.9 Å². The summed E-state index contributed by atoms with van der Waals surface area (Å²) in [6.45, 7) is 1.26. The number of anilines is 1. The molecule has 0 radical (unpaired) electrons. The van der Waals surface area contributed by atoms with Crippen LogP contribution in [0.4, 0.5) is 10.5 Å². The highest BCUT2D eigenvalue weighted by atomic mass is 16.5. The largest absolute Gasteiger partial charge is 0.457 e. The lowest BCUT2D eigenvalue weighted by molar-refractivity contribution is -0.133. The molecule has 0 unspecified atom stereocenters. The van der Waals surface area contributed by atoms with Crippen molar-refractivity contribution in [3.8, 4) is 11.5 Å². The number of ether oxygens (including phenoxy) is 1. The normalized spacial score (nSPS) is 17.3. The molecule has 0 aliphatic carbocycles. The van der Waals surface area contributed by atoms with Gasteiger partial charge in [-0.25, -0.2) is 4.79 Å². The summed E-state index contributed by atoms with van der Waals surface area (Å²) in [5, 5.41) is 7.47. The van der Waals surface area contributed by atoms with Gasteiger partial charge in [0.1, 0.15) is 23.6 Å². The molecule has 0 bridgehead atoms. The van der Waals surface area contributed by atoms with Crippen molar-refractivity contribution < 1.29 is 19.1 Å². The zero-order valence-electron chi connectivity index (χ0n) is 19.0. The van der Waals surface area contributed by atoms with Gasteiger partial charge in [-0.15, -0.1) is 0 Å². The van der Waals surface area contributed by atoms with Gasteiger partial charge in [0.2, 0.25) is 5.91 Å². The number of para-hydroxylation sites is 1. The maximum Gasteiger partial charge on any atom is 0.325 e. The van der Waals surface area contributed by atoms with E-state index in [-0.39, 0.29) is 0 Å². The molecular weight excluding hydrogens is 442 g/mol. The highest BCUT2D eigenvalue weighted by Crippen LogP contribution is 2.31. The van der Waals surface area contributed by atoms with Gasteiger partial charge in [0.15, 0.2) is 0 Å². The van der Waals surface area contributed by atoms with Gasteiger partial charge in [0.25, 0.3) is 5.91 Å². The second kappa shape index (κ2) is 8.95. The van der Waals surface area contributed by atoms with Crippen molar-refractivity contribution in [1.29, 1.82) is 0 Å². The van der Waals surface area contributed by atoms with Crippen molar-refractivity contribution in [3.05, 3.63) is 103 Å². The van der Waals surface area contributed by atoms with Gasteiger partial charge in [0.05, 0.1) is 0 Å². The summed E-state index contributed by atoms with van der Waals surface area (Å²) in [5.74, 6) is 0.374. The first-order valence-corrected chi connectivity index (χ1v) is 11.2. The molecule has 1 heterocycles. The first kappa shape index (κ1) is 22.2. The number of imide groups is 1. The van der Waals surface area contributed by atoms with Crippen LogP contribution in [-0.4, -0.2) is 29.3 Å². The molecule has 0 spiro atoms. The van der Waals surface area contributed by atoms with Crippen LogP contribution in [0.5, 0.6) is 11.5 Å². The summed E-state index contributed by atoms with van der Waals surface area (Å²) >= 11 is 0. The smallest absolute Gasteiger partial charge is 0.325 e. The van der Waals surface area contributed by atoms with E-state index in [9.17, 15) is 14.4 Å². The fourth-order valence-corrected chi connectivity index (χ4v) is 4.11. The van der Waals surface area contributed by atoms with Crippen LogP contribution in [0.3, 0.4) is 0 Å². The predicted octanol–water partition coefficient (Wildman–Crippen LogP) is 5.04. The maximum absolute atomic E-state index is 13.2. The number of carbonyl (C=O) groups excluding carboxylic acids is 3. The van der Waals surface area contributed by atoms with Crippen molar-refractivity contribution in [1.82, 2.24) is 10.2 Å². The third-order valence-corrected chi connectivity index (χ3v) is 6.02. The number of fused-ring (bicyclic) bond motifs is 1. The number of nitrogens with one attached hydrogen (secondary N) is 2. The maximum atomic E-state index is 13.2. The quantitative estimate of drug-likeness (QED) is 0.391.